The van der Waals surface area contributed by atoms with E-state index in [4.69, 9.17) is 4.74 Å². The van der Waals surface area contributed by atoms with Gasteiger partial charge in [-0.05, 0) is 19.3 Å². The van der Waals surface area contributed by atoms with Crippen molar-refractivity contribution in [2.24, 2.45) is 5.92 Å². The van der Waals surface area contributed by atoms with Crippen LogP contribution >= 0.6 is 0 Å². The molecule has 2 heterocycles. The van der Waals surface area contributed by atoms with Crippen LogP contribution in [-0.2, 0) is 19.6 Å². The molecule has 2 rings (SSSR count). The van der Waals surface area contributed by atoms with E-state index in [-0.39, 0.29) is 30.2 Å². The minimum atomic E-state index is -3.35. The number of hydrogen-bond donors (Lipinski definition) is 3. The summed E-state index contributed by atoms with van der Waals surface area (Å²) in [5.74, 6) is -0.179. The molecule has 2 saturated heterocycles. The molecule has 0 aromatic heterocycles. The molecule has 2 fully saturated rings. The highest BCUT2D eigenvalue weighted by Gasteiger charge is 2.25. The Bertz CT molecular complexity index is 416. The van der Waals surface area contributed by atoms with Crippen LogP contribution in [0.25, 0.3) is 0 Å². The fourth-order valence-electron chi connectivity index (χ4n) is 2.19. The van der Waals surface area contributed by atoms with Gasteiger partial charge in [0, 0.05) is 32.8 Å². The maximum atomic E-state index is 11.8. The van der Waals surface area contributed by atoms with Gasteiger partial charge in [-0.25, -0.2) is 13.1 Å². The largest absolute Gasteiger partial charge is 0.377 e. The van der Waals surface area contributed by atoms with E-state index in [1.807, 2.05) is 0 Å². The molecule has 0 aromatic carbocycles. The van der Waals surface area contributed by atoms with Gasteiger partial charge in [-0.3, -0.25) is 4.79 Å². The van der Waals surface area contributed by atoms with E-state index >= 15 is 0 Å². The minimum absolute atomic E-state index is 0.0127. The molecule has 1 amide bonds. The summed E-state index contributed by atoms with van der Waals surface area (Å²) in [4.78, 5) is 11.5. The van der Waals surface area contributed by atoms with E-state index in [0.29, 0.717) is 26.2 Å². The second-order valence-electron chi connectivity index (χ2n) is 5.30. The van der Waals surface area contributed by atoms with Gasteiger partial charge < -0.3 is 15.4 Å². The van der Waals surface area contributed by atoms with Gasteiger partial charge in [0.05, 0.1) is 17.8 Å². The van der Waals surface area contributed by atoms with Crippen LogP contribution in [0.2, 0.25) is 0 Å². The highest BCUT2D eigenvalue weighted by Crippen LogP contribution is 2.11. The van der Waals surface area contributed by atoms with Crippen LogP contribution in [0.1, 0.15) is 19.3 Å². The first kappa shape index (κ1) is 15.7. The molecule has 1 atom stereocenters. The fraction of sp³-hybridized carbons (Fsp3) is 0.917. The zero-order valence-corrected chi connectivity index (χ0v) is 12.4. The summed E-state index contributed by atoms with van der Waals surface area (Å²) in [6.45, 7) is 2.53. The van der Waals surface area contributed by atoms with Crippen molar-refractivity contribution in [3.63, 3.8) is 0 Å². The average molecular weight is 305 g/mol. The van der Waals surface area contributed by atoms with Crippen LogP contribution in [0.4, 0.5) is 0 Å². The molecule has 0 spiro atoms. The summed E-state index contributed by atoms with van der Waals surface area (Å²) in [6.07, 6.45) is 3.01. The van der Waals surface area contributed by atoms with E-state index in [0.717, 1.165) is 19.3 Å². The molecule has 0 saturated carbocycles. The highest BCUT2D eigenvalue weighted by atomic mass is 32.2. The summed E-state index contributed by atoms with van der Waals surface area (Å²) < 4.78 is 31.6. The first-order valence-electron chi connectivity index (χ1n) is 7.14. The lowest BCUT2D eigenvalue weighted by molar-refractivity contribution is -0.126. The van der Waals surface area contributed by atoms with Gasteiger partial charge in [0.25, 0.3) is 0 Å². The lowest BCUT2D eigenvalue weighted by Gasteiger charge is -2.25. The summed E-state index contributed by atoms with van der Waals surface area (Å²) in [6, 6.07) is 0. The smallest absolute Gasteiger partial charge is 0.225 e. The monoisotopic (exact) mass is 305 g/mol. The normalized spacial score (nSPS) is 24.1. The van der Waals surface area contributed by atoms with E-state index in [9.17, 15) is 13.2 Å². The van der Waals surface area contributed by atoms with Gasteiger partial charge in [0.1, 0.15) is 0 Å². The minimum Gasteiger partial charge on any atom is -0.377 e. The number of rotatable bonds is 7. The van der Waals surface area contributed by atoms with E-state index < -0.39 is 10.0 Å². The van der Waals surface area contributed by atoms with Crippen molar-refractivity contribution in [2.45, 2.75) is 25.4 Å². The zero-order valence-electron chi connectivity index (χ0n) is 11.6. The Hall–Kier alpha value is -0.700. The Labute approximate surface area is 119 Å². The van der Waals surface area contributed by atoms with Gasteiger partial charge in [-0.2, -0.15) is 0 Å². The van der Waals surface area contributed by atoms with Crippen LogP contribution in [0.3, 0.4) is 0 Å². The quantitative estimate of drug-likeness (QED) is 0.550. The number of sulfonamides is 1. The topological polar surface area (TPSA) is 96.5 Å². The predicted molar refractivity (Wildman–Crippen MR) is 74.7 cm³/mol. The Morgan fingerprint density at radius 2 is 2.10 bits per heavy atom. The number of amides is 1. The lowest BCUT2D eigenvalue weighted by Crippen LogP contribution is -2.51. The Morgan fingerprint density at radius 1 is 1.30 bits per heavy atom. The van der Waals surface area contributed by atoms with Crippen molar-refractivity contribution < 1.29 is 17.9 Å². The van der Waals surface area contributed by atoms with Crippen molar-refractivity contribution in [1.29, 1.82) is 0 Å². The Balaban J connectivity index is 1.61. The maximum Gasteiger partial charge on any atom is 0.225 e. The second kappa shape index (κ2) is 7.35. The molecule has 0 aromatic rings. The molecule has 116 valence electrons. The molecule has 0 radical (unpaired) electrons. The van der Waals surface area contributed by atoms with Gasteiger partial charge in [-0.15, -0.1) is 0 Å². The summed E-state index contributed by atoms with van der Waals surface area (Å²) in [5, 5.41) is 5.65. The molecule has 2 aliphatic rings. The summed E-state index contributed by atoms with van der Waals surface area (Å²) in [7, 11) is -3.35. The molecule has 8 heteroatoms. The first-order valence-corrected chi connectivity index (χ1v) is 8.79. The van der Waals surface area contributed by atoms with Crippen molar-refractivity contribution in [3.05, 3.63) is 0 Å². The number of carbonyl (C=O) groups is 1. The average Bonchev–Trinajstić information content (AvgIpc) is 2.35. The van der Waals surface area contributed by atoms with Gasteiger partial charge in [0.15, 0.2) is 0 Å². The molecule has 3 N–H and O–H groups in total. The molecule has 2 aliphatic heterocycles. The third-order valence-corrected chi connectivity index (χ3v) is 4.98. The van der Waals surface area contributed by atoms with Crippen molar-refractivity contribution in [1.82, 2.24) is 15.4 Å². The van der Waals surface area contributed by atoms with E-state index in [1.165, 1.54) is 0 Å². The number of nitrogens with one attached hydrogen (secondary N) is 3. The SMILES string of the molecule is O=C(NCCS(=O)(=O)NCC1CCCCO1)C1CNC1. The summed E-state index contributed by atoms with van der Waals surface area (Å²) in [5.41, 5.74) is 0. The molecule has 7 nitrogen and oxygen atoms in total. The molecule has 20 heavy (non-hydrogen) atoms. The van der Waals surface area contributed by atoms with Gasteiger partial charge >= 0.3 is 0 Å². The predicted octanol–water partition coefficient (Wildman–Crippen LogP) is -1.19. The number of ether oxygens (including phenoxy) is 1. The standard InChI is InChI=1S/C12H23N3O4S/c16-12(10-7-13-8-10)14-4-6-20(17,18)15-9-11-3-1-2-5-19-11/h10-11,13,15H,1-9H2,(H,14,16). The number of hydrogen-bond acceptors (Lipinski definition) is 5. The molecule has 0 bridgehead atoms. The highest BCUT2D eigenvalue weighted by molar-refractivity contribution is 7.89. The molecule has 0 aliphatic carbocycles. The van der Waals surface area contributed by atoms with Crippen LogP contribution in [0.15, 0.2) is 0 Å². The Morgan fingerprint density at radius 3 is 2.70 bits per heavy atom. The fourth-order valence-corrected chi connectivity index (χ4v) is 3.14. The molecule has 1 unspecified atom stereocenters. The number of carbonyl (C=O) groups excluding carboxylic acids is 1. The lowest BCUT2D eigenvalue weighted by atomic mass is 10.0. The van der Waals surface area contributed by atoms with Gasteiger partial charge in [-0.1, -0.05) is 0 Å². The maximum absolute atomic E-state index is 11.8. The van der Waals surface area contributed by atoms with E-state index in [2.05, 4.69) is 15.4 Å². The molecular weight excluding hydrogens is 282 g/mol. The van der Waals surface area contributed by atoms with Crippen LogP contribution in [0, 0.1) is 5.92 Å². The Kier molecular flexibility index (Phi) is 5.76. The van der Waals surface area contributed by atoms with Crippen LogP contribution in [0.5, 0.6) is 0 Å². The summed E-state index contributed by atoms with van der Waals surface area (Å²) >= 11 is 0. The van der Waals surface area contributed by atoms with Crippen molar-refractivity contribution in [3.8, 4) is 0 Å². The third kappa shape index (κ3) is 5.01. The van der Waals surface area contributed by atoms with Gasteiger partial charge in [0.2, 0.25) is 15.9 Å². The zero-order chi connectivity index (χ0) is 14.4. The first-order chi connectivity index (χ1) is 9.57. The third-order valence-electron chi connectivity index (χ3n) is 3.63. The second-order valence-corrected chi connectivity index (χ2v) is 7.23. The molecular formula is C12H23N3O4S. The van der Waals surface area contributed by atoms with Crippen LogP contribution in [-0.4, -0.2) is 59.0 Å². The van der Waals surface area contributed by atoms with Crippen molar-refractivity contribution >= 4 is 15.9 Å². The van der Waals surface area contributed by atoms with Crippen LogP contribution < -0.4 is 15.4 Å². The van der Waals surface area contributed by atoms with E-state index in [1.54, 1.807) is 0 Å². The van der Waals surface area contributed by atoms with Crippen molar-refractivity contribution in [2.75, 3.05) is 38.5 Å².